The summed E-state index contributed by atoms with van der Waals surface area (Å²) in [4.78, 5) is 11.7. The molecule has 1 aliphatic carbocycles. The molecule has 0 heterocycles. The van der Waals surface area contributed by atoms with Gasteiger partial charge in [-0.1, -0.05) is 29.8 Å². The first-order chi connectivity index (χ1) is 10.6. The fraction of sp³-hybridized carbons (Fsp3) is 0.167. The zero-order valence-electron chi connectivity index (χ0n) is 12.0. The number of carbonyl (C=O) groups is 1. The highest BCUT2D eigenvalue weighted by atomic mass is 35.5. The molecule has 3 rings (SSSR count). The summed E-state index contributed by atoms with van der Waals surface area (Å²) in [5, 5.41) is 0.363. The fourth-order valence-electron chi connectivity index (χ4n) is 2.76. The Labute approximate surface area is 133 Å². The number of allylic oxidation sites excluding steroid dienone is 1. The van der Waals surface area contributed by atoms with Gasteiger partial charge in [0, 0.05) is 5.56 Å². The second-order valence-electron chi connectivity index (χ2n) is 5.12. The van der Waals surface area contributed by atoms with Crippen LogP contribution in [0.4, 0.5) is 4.39 Å². The number of benzene rings is 2. The van der Waals surface area contributed by atoms with Gasteiger partial charge in [0.15, 0.2) is 0 Å². The summed E-state index contributed by atoms with van der Waals surface area (Å²) in [5.41, 5.74) is 3.47. The largest absolute Gasteiger partial charge is 0.465 e. The van der Waals surface area contributed by atoms with Crippen molar-refractivity contribution in [2.75, 3.05) is 7.11 Å². The number of methoxy groups -OCH3 is 1. The maximum atomic E-state index is 14.2. The molecule has 1 aliphatic rings. The summed E-state index contributed by atoms with van der Waals surface area (Å²) < 4.78 is 19.0. The molecule has 0 fully saturated rings. The van der Waals surface area contributed by atoms with Crippen molar-refractivity contribution in [2.45, 2.75) is 12.8 Å². The van der Waals surface area contributed by atoms with Crippen LogP contribution in [0.5, 0.6) is 0 Å². The minimum absolute atomic E-state index is 0.363. The molecule has 0 N–H and O–H groups in total. The van der Waals surface area contributed by atoms with Crippen LogP contribution in [0.2, 0.25) is 5.02 Å². The number of ether oxygens (including phenoxy) is 1. The molecule has 0 aliphatic heterocycles. The van der Waals surface area contributed by atoms with E-state index in [2.05, 4.69) is 0 Å². The van der Waals surface area contributed by atoms with Crippen molar-refractivity contribution in [1.29, 1.82) is 0 Å². The maximum Gasteiger partial charge on any atom is 0.337 e. The molecule has 2 aromatic rings. The topological polar surface area (TPSA) is 26.3 Å². The molecule has 0 spiro atoms. The number of halogens is 2. The first-order valence-electron chi connectivity index (χ1n) is 6.98. The van der Waals surface area contributed by atoms with E-state index in [9.17, 15) is 9.18 Å². The molecule has 0 bridgehead atoms. The first-order valence-corrected chi connectivity index (χ1v) is 7.35. The van der Waals surface area contributed by atoms with Crippen LogP contribution in [0.3, 0.4) is 0 Å². The van der Waals surface area contributed by atoms with E-state index >= 15 is 0 Å². The summed E-state index contributed by atoms with van der Waals surface area (Å²) in [6.45, 7) is 0. The molecule has 112 valence electrons. The van der Waals surface area contributed by atoms with Crippen LogP contribution >= 0.6 is 11.6 Å². The molecule has 0 amide bonds. The number of rotatable bonds is 2. The van der Waals surface area contributed by atoms with Gasteiger partial charge in [-0.15, -0.1) is 0 Å². The average molecular weight is 317 g/mol. The highest BCUT2D eigenvalue weighted by Crippen LogP contribution is 2.37. The first kappa shape index (κ1) is 14.8. The van der Waals surface area contributed by atoms with Crippen molar-refractivity contribution < 1.29 is 13.9 Å². The van der Waals surface area contributed by atoms with Crippen molar-refractivity contribution in [3.8, 4) is 0 Å². The molecule has 2 aromatic carbocycles. The fourth-order valence-corrected chi connectivity index (χ4v) is 3.03. The van der Waals surface area contributed by atoms with Crippen LogP contribution in [0, 0.1) is 5.82 Å². The third-order valence-corrected chi connectivity index (χ3v) is 4.13. The summed E-state index contributed by atoms with van der Waals surface area (Å²) in [5.74, 6) is -0.776. The molecular formula is C18H14ClFO2. The van der Waals surface area contributed by atoms with Crippen LogP contribution < -0.4 is 0 Å². The van der Waals surface area contributed by atoms with Crippen molar-refractivity contribution in [2.24, 2.45) is 0 Å². The number of aryl methyl sites for hydroxylation is 1. The molecule has 0 radical (unpaired) electrons. The van der Waals surface area contributed by atoms with E-state index < -0.39 is 5.97 Å². The Kier molecular flexibility index (Phi) is 3.99. The highest BCUT2D eigenvalue weighted by Gasteiger charge is 2.21. The van der Waals surface area contributed by atoms with E-state index in [1.807, 2.05) is 12.1 Å². The van der Waals surface area contributed by atoms with Gasteiger partial charge in [0.25, 0.3) is 0 Å². The number of fused-ring (bicyclic) bond motifs is 1. The minimum atomic E-state index is -0.410. The van der Waals surface area contributed by atoms with Gasteiger partial charge in [0.2, 0.25) is 0 Å². The van der Waals surface area contributed by atoms with Crippen molar-refractivity contribution in [3.05, 3.63) is 75.6 Å². The zero-order chi connectivity index (χ0) is 15.7. The van der Waals surface area contributed by atoms with Crippen molar-refractivity contribution in [3.63, 3.8) is 0 Å². The summed E-state index contributed by atoms with van der Waals surface area (Å²) >= 11 is 6.19. The Bertz CT molecular complexity index is 760. The van der Waals surface area contributed by atoms with Gasteiger partial charge in [-0.25, -0.2) is 9.18 Å². The van der Waals surface area contributed by atoms with E-state index in [1.165, 1.54) is 13.2 Å². The van der Waals surface area contributed by atoms with Crippen LogP contribution in [-0.4, -0.2) is 13.1 Å². The summed E-state index contributed by atoms with van der Waals surface area (Å²) in [7, 11) is 1.34. The molecule has 0 saturated carbocycles. The molecular weight excluding hydrogens is 303 g/mol. The third-order valence-electron chi connectivity index (χ3n) is 3.82. The smallest absolute Gasteiger partial charge is 0.337 e. The normalized spacial score (nSPS) is 13.3. The Morgan fingerprint density at radius 3 is 2.82 bits per heavy atom. The van der Waals surface area contributed by atoms with Gasteiger partial charge in [0.05, 0.1) is 17.7 Å². The summed E-state index contributed by atoms with van der Waals surface area (Å²) in [6.07, 6.45) is 3.63. The second kappa shape index (κ2) is 5.93. The Balaban J connectivity index is 2.17. The predicted octanol–water partition coefficient (Wildman–Crippen LogP) is 4.64. The number of carbonyl (C=O) groups excluding carboxylic acids is 1. The number of hydrogen-bond donors (Lipinski definition) is 0. The Hall–Kier alpha value is -2.13. The van der Waals surface area contributed by atoms with E-state index in [1.54, 1.807) is 24.3 Å². The van der Waals surface area contributed by atoms with Gasteiger partial charge >= 0.3 is 5.97 Å². The van der Waals surface area contributed by atoms with Crippen molar-refractivity contribution in [1.82, 2.24) is 0 Å². The lowest BCUT2D eigenvalue weighted by atomic mass is 9.85. The number of hydrogen-bond acceptors (Lipinski definition) is 2. The molecule has 2 nitrogen and oxygen atoms in total. The monoisotopic (exact) mass is 316 g/mol. The van der Waals surface area contributed by atoms with Crippen molar-refractivity contribution >= 4 is 23.1 Å². The third kappa shape index (κ3) is 2.53. The van der Waals surface area contributed by atoms with E-state index in [0.29, 0.717) is 16.1 Å². The molecule has 0 unspecified atom stereocenters. The van der Waals surface area contributed by atoms with E-state index in [-0.39, 0.29) is 5.82 Å². The van der Waals surface area contributed by atoms with Gasteiger partial charge in [-0.3, -0.25) is 0 Å². The summed E-state index contributed by atoms with van der Waals surface area (Å²) in [6, 6.07) is 10.0. The number of esters is 1. The highest BCUT2D eigenvalue weighted by molar-refractivity contribution is 6.32. The lowest BCUT2D eigenvalue weighted by Crippen LogP contribution is -2.07. The van der Waals surface area contributed by atoms with Crippen LogP contribution in [0.15, 0.2) is 42.5 Å². The molecule has 0 aromatic heterocycles. The molecule has 0 atom stereocenters. The minimum Gasteiger partial charge on any atom is -0.465 e. The van der Waals surface area contributed by atoms with Gasteiger partial charge in [-0.05, 0) is 53.8 Å². The lowest BCUT2D eigenvalue weighted by molar-refractivity contribution is 0.0600. The molecule has 0 saturated heterocycles. The van der Waals surface area contributed by atoms with Gasteiger partial charge in [0.1, 0.15) is 5.82 Å². The van der Waals surface area contributed by atoms with Gasteiger partial charge in [-0.2, -0.15) is 0 Å². The van der Waals surface area contributed by atoms with Crippen LogP contribution in [0.25, 0.3) is 5.57 Å². The van der Waals surface area contributed by atoms with Gasteiger partial charge < -0.3 is 4.74 Å². The zero-order valence-corrected chi connectivity index (χ0v) is 12.8. The maximum absolute atomic E-state index is 14.2. The second-order valence-corrected chi connectivity index (χ2v) is 5.52. The quantitative estimate of drug-likeness (QED) is 0.754. The van der Waals surface area contributed by atoms with Crippen LogP contribution in [0.1, 0.15) is 33.5 Å². The molecule has 22 heavy (non-hydrogen) atoms. The Morgan fingerprint density at radius 1 is 1.27 bits per heavy atom. The predicted molar refractivity (Wildman–Crippen MR) is 84.6 cm³/mol. The Morgan fingerprint density at radius 2 is 2.09 bits per heavy atom. The van der Waals surface area contributed by atoms with E-state index in [4.69, 9.17) is 16.3 Å². The lowest BCUT2D eigenvalue weighted by Gasteiger charge is -2.20. The standard InChI is InChI=1S/C18H14ClFO2/c1-22-18(21)12-9-8-11-4-2-5-13(14(11)10-12)17-15(19)6-3-7-16(17)20/h3,5-10H,2,4H2,1H3. The average Bonchev–Trinajstić information content (AvgIpc) is 2.53. The van der Waals surface area contributed by atoms with Crippen LogP contribution in [-0.2, 0) is 11.2 Å². The van der Waals surface area contributed by atoms with E-state index in [0.717, 1.165) is 29.5 Å². The SMILES string of the molecule is COC(=O)c1ccc2c(c1)C(c1c(F)cccc1Cl)=CCC2. The molecule has 4 heteroatoms.